The van der Waals surface area contributed by atoms with Crippen molar-refractivity contribution in [1.82, 2.24) is 0 Å². The molecule has 0 aromatic heterocycles. The SMILES string of the molecule is [CH2]CCC1Oc2ccccc2O1. The Kier molecular flexibility index (Phi) is 1.90. The molecular weight excluding hydrogens is 152 g/mol. The molecule has 1 heterocycles. The number of benzene rings is 1. The van der Waals surface area contributed by atoms with Crippen LogP contribution in [0.3, 0.4) is 0 Å². The molecule has 0 fully saturated rings. The minimum absolute atomic E-state index is 0.125. The van der Waals surface area contributed by atoms with Gasteiger partial charge in [0.05, 0.1) is 0 Å². The molecule has 0 saturated heterocycles. The molecule has 0 unspecified atom stereocenters. The van der Waals surface area contributed by atoms with Crippen molar-refractivity contribution in [3.05, 3.63) is 31.2 Å². The van der Waals surface area contributed by atoms with Gasteiger partial charge in [-0.1, -0.05) is 19.1 Å². The van der Waals surface area contributed by atoms with Gasteiger partial charge in [-0.05, 0) is 18.6 Å². The van der Waals surface area contributed by atoms with Gasteiger partial charge in [-0.25, -0.2) is 0 Å². The third kappa shape index (κ3) is 1.24. The Morgan fingerprint density at radius 1 is 1.17 bits per heavy atom. The highest BCUT2D eigenvalue weighted by Gasteiger charge is 2.21. The van der Waals surface area contributed by atoms with Crippen molar-refractivity contribution >= 4 is 0 Å². The smallest absolute Gasteiger partial charge is 0.241 e. The van der Waals surface area contributed by atoms with Crippen molar-refractivity contribution in [3.8, 4) is 11.5 Å². The van der Waals surface area contributed by atoms with E-state index in [2.05, 4.69) is 6.92 Å². The van der Waals surface area contributed by atoms with E-state index in [1.54, 1.807) is 0 Å². The van der Waals surface area contributed by atoms with E-state index in [9.17, 15) is 0 Å². The first kappa shape index (κ1) is 7.47. The predicted octanol–water partition coefficient (Wildman–Crippen LogP) is 2.40. The fourth-order valence-electron chi connectivity index (χ4n) is 1.24. The van der Waals surface area contributed by atoms with E-state index in [1.165, 1.54) is 0 Å². The second-order valence-corrected chi connectivity index (χ2v) is 2.75. The largest absolute Gasteiger partial charge is 0.451 e. The molecule has 1 radical (unpaired) electrons. The van der Waals surface area contributed by atoms with E-state index in [0.717, 1.165) is 24.3 Å². The molecule has 2 nitrogen and oxygen atoms in total. The van der Waals surface area contributed by atoms with Crippen molar-refractivity contribution in [3.63, 3.8) is 0 Å². The summed E-state index contributed by atoms with van der Waals surface area (Å²) in [7, 11) is 0. The van der Waals surface area contributed by atoms with Gasteiger partial charge in [0.15, 0.2) is 11.5 Å². The second kappa shape index (κ2) is 3.05. The average molecular weight is 163 g/mol. The molecule has 1 aliphatic heterocycles. The summed E-state index contributed by atoms with van der Waals surface area (Å²) in [6.45, 7) is 3.75. The molecule has 0 atom stereocenters. The van der Waals surface area contributed by atoms with E-state index in [4.69, 9.17) is 9.47 Å². The summed E-state index contributed by atoms with van der Waals surface area (Å²) in [6, 6.07) is 7.71. The van der Waals surface area contributed by atoms with E-state index < -0.39 is 0 Å². The lowest BCUT2D eigenvalue weighted by Crippen LogP contribution is -2.16. The standard InChI is InChI=1S/C10H11O2/c1-2-5-10-11-8-6-3-4-7-9(8)12-10/h3-4,6-7,10H,1-2,5H2. The van der Waals surface area contributed by atoms with Crippen molar-refractivity contribution < 1.29 is 9.47 Å². The Hall–Kier alpha value is -1.18. The van der Waals surface area contributed by atoms with Crippen LogP contribution in [-0.4, -0.2) is 6.29 Å². The molecule has 0 spiro atoms. The van der Waals surface area contributed by atoms with Gasteiger partial charge in [-0.15, -0.1) is 0 Å². The number of para-hydroxylation sites is 2. The van der Waals surface area contributed by atoms with Crippen LogP contribution in [0.2, 0.25) is 0 Å². The van der Waals surface area contributed by atoms with Crippen LogP contribution < -0.4 is 9.47 Å². The van der Waals surface area contributed by atoms with E-state index in [0.29, 0.717) is 0 Å². The monoisotopic (exact) mass is 163 g/mol. The lowest BCUT2D eigenvalue weighted by molar-refractivity contribution is 0.0427. The Bertz CT molecular complexity index is 245. The van der Waals surface area contributed by atoms with Gasteiger partial charge >= 0.3 is 0 Å². The number of fused-ring (bicyclic) bond motifs is 1. The molecule has 2 heteroatoms. The number of rotatable bonds is 2. The Morgan fingerprint density at radius 3 is 2.25 bits per heavy atom. The summed E-state index contributed by atoms with van der Waals surface area (Å²) < 4.78 is 11.0. The summed E-state index contributed by atoms with van der Waals surface area (Å²) in [5.41, 5.74) is 0. The first-order valence-corrected chi connectivity index (χ1v) is 4.12. The Labute approximate surface area is 72.1 Å². The summed E-state index contributed by atoms with van der Waals surface area (Å²) in [5.74, 6) is 1.69. The zero-order valence-corrected chi connectivity index (χ0v) is 6.82. The molecule has 0 N–H and O–H groups in total. The quantitative estimate of drug-likeness (QED) is 0.666. The first-order chi connectivity index (χ1) is 5.90. The Balaban J connectivity index is 2.11. The van der Waals surface area contributed by atoms with Crippen LogP contribution in [-0.2, 0) is 0 Å². The van der Waals surface area contributed by atoms with Crippen LogP contribution in [0, 0.1) is 6.92 Å². The molecule has 0 bridgehead atoms. The lowest BCUT2D eigenvalue weighted by Gasteiger charge is -2.07. The van der Waals surface area contributed by atoms with Crippen molar-refractivity contribution in [2.75, 3.05) is 0 Å². The Morgan fingerprint density at radius 2 is 1.75 bits per heavy atom. The van der Waals surface area contributed by atoms with E-state index >= 15 is 0 Å². The first-order valence-electron chi connectivity index (χ1n) is 4.12. The minimum Gasteiger partial charge on any atom is -0.451 e. The highest BCUT2D eigenvalue weighted by atomic mass is 16.7. The minimum atomic E-state index is -0.125. The van der Waals surface area contributed by atoms with E-state index in [-0.39, 0.29) is 6.29 Å². The summed E-state index contributed by atoms with van der Waals surface area (Å²) in [5, 5.41) is 0. The molecule has 2 rings (SSSR count). The fraction of sp³-hybridized carbons (Fsp3) is 0.300. The highest BCUT2D eigenvalue weighted by molar-refractivity contribution is 5.41. The number of hydrogen-bond acceptors (Lipinski definition) is 2. The van der Waals surface area contributed by atoms with Crippen LogP contribution in [0.4, 0.5) is 0 Å². The molecule has 0 amide bonds. The normalized spacial score (nSPS) is 15.1. The molecule has 1 aromatic carbocycles. The third-order valence-corrected chi connectivity index (χ3v) is 1.81. The fourth-order valence-corrected chi connectivity index (χ4v) is 1.24. The second-order valence-electron chi connectivity index (χ2n) is 2.75. The third-order valence-electron chi connectivity index (χ3n) is 1.81. The molecule has 0 aliphatic carbocycles. The van der Waals surface area contributed by atoms with Crippen LogP contribution in [0.25, 0.3) is 0 Å². The summed E-state index contributed by atoms with van der Waals surface area (Å²) in [6.07, 6.45) is 1.55. The molecule has 1 aromatic rings. The summed E-state index contributed by atoms with van der Waals surface area (Å²) in [4.78, 5) is 0. The van der Waals surface area contributed by atoms with Crippen molar-refractivity contribution in [2.24, 2.45) is 0 Å². The molecule has 1 aliphatic rings. The van der Waals surface area contributed by atoms with Crippen molar-refractivity contribution in [2.45, 2.75) is 19.1 Å². The van der Waals surface area contributed by atoms with E-state index in [1.807, 2.05) is 24.3 Å². The van der Waals surface area contributed by atoms with Gasteiger partial charge in [-0.3, -0.25) is 0 Å². The van der Waals surface area contributed by atoms with Gasteiger partial charge in [0.1, 0.15) is 0 Å². The molecule has 63 valence electrons. The van der Waals surface area contributed by atoms with Gasteiger partial charge in [0.2, 0.25) is 6.29 Å². The number of hydrogen-bond donors (Lipinski definition) is 0. The lowest BCUT2D eigenvalue weighted by atomic mass is 10.3. The van der Waals surface area contributed by atoms with Gasteiger partial charge in [-0.2, -0.15) is 0 Å². The van der Waals surface area contributed by atoms with Crippen LogP contribution in [0.5, 0.6) is 11.5 Å². The van der Waals surface area contributed by atoms with Crippen LogP contribution >= 0.6 is 0 Å². The molecule has 12 heavy (non-hydrogen) atoms. The maximum atomic E-state index is 5.49. The predicted molar refractivity (Wildman–Crippen MR) is 46.1 cm³/mol. The molecule has 0 saturated carbocycles. The van der Waals surface area contributed by atoms with Gasteiger partial charge < -0.3 is 9.47 Å². The van der Waals surface area contributed by atoms with Gasteiger partial charge in [0.25, 0.3) is 0 Å². The topological polar surface area (TPSA) is 18.5 Å². The maximum Gasteiger partial charge on any atom is 0.241 e. The maximum absolute atomic E-state index is 5.49. The average Bonchev–Trinajstić information content (AvgIpc) is 2.47. The van der Waals surface area contributed by atoms with Gasteiger partial charge in [0, 0.05) is 6.42 Å². The summed E-state index contributed by atoms with van der Waals surface area (Å²) >= 11 is 0. The highest BCUT2D eigenvalue weighted by Crippen LogP contribution is 2.34. The zero-order chi connectivity index (χ0) is 8.39. The van der Waals surface area contributed by atoms with Crippen LogP contribution in [0.15, 0.2) is 24.3 Å². The zero-order valence-electron chi connectivity index (χ0n) is 6.82. The molecular formula is C10H11O2. The van der Waals surface area contributed by atoms with Crippen molar-refractivity contribution in [1.29, 1.82) is 0 Å². The van der Waals surface area contributed by atoms with Crippen LogP contribution in [0.1, 0.15) is 12.8 Å². The number of ether oxygens (including phenoxy) is 2.